The van der Waals surface area contributed by atoms with Crippen molar-refractivity contribution in [1.82, 2.24) is 24.2 Å². The largest absolute Gasteiger partial charge is 0.514 e. The average Bonchev–Trinajstić information content (AvgIpc) is 3.41. The van der Waals surface area contributed by atoms with E-state index >= 15 is 0 Å². The van der Waals surface area contributed by atoms with E-state index in [1.165, 1.54) is 21.2 Å². The lowest BCUT2D eigenvalue weighted by atomic mass is 10.1. The second-order valence-electron chi connectivity index (χ2n) is 11.4. The van der Waals surface area contributed by atoms with Gasteiger partial charge in [0.1, 0.15) is 11.6 Å². The molecule has 0 radical (unpaired) electrons. The highest BCUT2D eigenvalue weighted by Gasteiger charge is 2.25. The molecule has 11 nitrogen and oxygen atoms in total. The fourth-order valence-corrected chi connectivity index (χ4v) is 5.19. The number of urea groups is 1. The molecule has 0 spiro atoms. The second kappa shape index (κ2) is 14.9. The summed E-state index contributed by atoms with van der Waals surface area (Å²) in [4.78, 5) is 45.5. The molecule has 13 heteroatoms. The van der Waals surface area contributed by atoms with Crippen molar-refractivity contribution >= 4 is 23.7 Å². The predicted molar refractivity (Wildman–Crippen MR) is 177 cm³/mol. The van der Waals surface area contributed by atoms with Crippen molar-refractivity contribution < 1.29 is 27.8 Å². The zero-order valence-electron chi connectivity index (χ0n) is 27.0. The van der Waals surface area contributed by atoms with E-state index in [-0.39, 0.29) is 30.5 Å². The summed E-state index contributed by atoms with van der Waals surface area (Å²) in [5, 5.41) is 5.42. The van der Waals surface area contributed by atoms with Crippen LogP contribution >= 0.6 is 0 Å². The van der Waals surface area contributed by atoms with E-state index in [1.807, 2.05) is 49.2 Å². The van der Waals surface area contributed by atoms with Gasteiger partial charge in [0.15, 0.2) is 0 Å². The number of carbonyl (C=O) groups is 2. The average molecular weight is 659 g/mol. The summed E-state index contributed by atoms with van der Waals surface area (Å²) in [6, 6.07) is 19.8. The Kier molecular flexibility index (Phi) is 10.5. The van der Waals surface area contributed by atoms with Gasteiger partial charge in [-0.25, -0.2) is 27.8 Å². The van der Waals surface area contributed by atoms with E-state index in [4.69, 9.17) is 14.5 Å². The lowest BCUT2D eigenvalue weighted by Gasteiger charge is -2.18. The SMILES string of the molecule is CCNC(=O)Nc1ccc(-c2nc3n(Cc4c(F)cccc4F)cc(OC(=O)OC(C)C)c(=O)n3c2CN(C)Cc2ccccc2)cc1. The minimum absolute atomic E-state index is 0.0647. The quantitative estimate of drug-likeness (QED) is 0.163. The molecule has 250 valence electrons. The maximum absolute atomic E-state index is 14.9. The summed E-state index contributed by atoms with van der Waals surface area (Å²) in [6.45, 7) is 5.88. The van der Waals surface area contributed by atoms with Gasteiger partial charge in [0, 0.05) is 36.4 Å². The van der Waals surface area contributed by atoms with Crippen molar-refractivity contribution in [2.45, 2.75) is 46.5 Å². The Balaban J connectivity index is 1.69. The van der Waals surface area contributed by atoms with Gasteiger partial charge in [0.25, 0.3) is 0 Å². The van der Waals surface area contributed by atoms with Gasteiger partial charge in [-0.3, -0.25) is 9.69 Å². The third-order valence-corrected chi connectivity index (χ3v) is 7.28. The van der Waals surface area contributed by atoms with E-state index in [0.717, 1.165) is 17.7 Å². The van der Waals surface area contributed by atoms with Gasteiger partial charge in [-0.1, -0.05) is 48.5 Å². The van der Waals surface area contributed by atoms with Crippen LogP contribution in [0.5, 0.6) is 5.75 Å². The molecule has 0 saturated carbocycles. The Morgan fingerprint density at radius 3 is 2.29 bits per heavy atom. The van der Waals surface area contributed by atoms with E-state index in [1.54, 1.807) is 38.1 Å². The van der Waals surface area contributed by atoms with Crippen LogP contribution in [-0.4, -0.2) is 50.7 Å². The van der Waals surface area contributed by atoms with E-state index < -0.39 is 35.2 Å². The molecule has 0 aliphatic carbocycles. The first-order chi connectivity index (χ1) is 23.0. The monoisotopic (exact) mass is 658 g/mol. The Morgan fingerprint density at radius 2 is 1.65 bits per heavy atom. The topological polar surface area (TPSA) is 119 Å². The zero-order chi connectivity index (χ0) is 34.4. The van der Waals surface area contributed by atoms with Crippen molar-refractivity contribution in [3.8, 4) is 17.0 Å². The molecule has 2 aromatic heterocycles. The summed E-state index contributed by atoms with van der Waals surface area (Å²) in [7, 11) is 1.88. The van der Waals surface area contributed by atoms with Crippen molar-refractivity contribution in [2.24, 2.45) is 0 Å². The summed E-state index contributed by atoms with van der Waals surface area (Å²) in [6.07, 6.45) is -0.439. The number of imidazole rings is 1. The summed E-state index contributed by atoms with van der Waals surface area (Å²) >= 11 is 0. The van der Waals surface area contributed by atoms with Gasteiger partial charge in [0.2, 0.25) is 11.5 Å². The van der Waals surface area contributed by atoms with E-state index in [0.29, 0.717) is 35.7 Å². The minimum atomic E-state index is -1.11. The fourth-order valence-electron chi connectivity index (χ4n) is 5.19. The predicted octanol–water partition coefficient (Wildman–Crippen LogP) is 6.19. The number of rotatable bonds is 11. The first-order valence-electron chi connectivity index (χ1n) is 15.4. The Bertz CT molecular complexity index is 1960. The smallest absolute Gasteiger partial charge is 0.431 e. The third kappa shape index (κ3) is 7.86. The van der Waals surface area contributed by atoms with Crippen LogP contribution in [0, 0.1) is 11.6 Å². The zero-order valence-corrected chi connectivity index (χ0v) is 27.0. The molecule has 2 amide bonds. The molecule has 0 saturated heterocycles. The van der Waals surface area contributed by atoms with Crippen molar-refractivity contribution in [3.63, 3.8) is 0 Å². The van der Waals surface area contributed by atoms with Gasteiger partial charge in [-0.05, 0) is 57.6 Å². The standard InChI is InChI=1S/C35H36F2N6O5/c1-5-38-33(45)39-25-16-14-24(15-17-25)31-29(20-41(4)18-23-10-7-6-8-11-23)43-32(44)30(48-35(46)47-22(2)3)21-42(34(43)40-31)19-26-27(36)12-9-13-28(26)37/h6-17,21-22H,5,18-20H2,1-4H3,(H2,38,39,45). The van der Waals surface area contributed by atoms with Crippen LogP contribution in [0.25, 0.3) is 17.0 Å². The fraction of sp³-hybridized carbons (Fsp3) is 0.257. The van der Waals surface area contributed by atoms with Gasteiger partial charge in [-0.15, -0.1) is 0 Å². The second-order valence-corrected chi connectivity index (χ2v) is 11.4. The van der Waals surface area contributed by atoms with Crippen molar-refractivity contribution in [2.75, 3.05) is 18.9 Å². The Hall–Kier alpha value is -5.56. The van der Waals surface area contributed by atoms with Crippen LogP contribution < -0.4 is 20.9 Å². The van der Waals surface area contributed by atoms with Crippen LogP contribution in [0.15, 0.2) is 83.8 Å². The van der Waals surface area contributed by atoms with E-state index in [2.05, 4.69) is 10.6 Å². The lowest BCUT2D eigenvalue weighted by Crippen LogP contribution is -2.28. The summed E-state index contributed by atoms with van der Waals surface area (Å²) in [5.74, 6) is -1.94. The van der Waals surface area contributed by atoms with Gasteiger partial charge >= 0.3 is 17.7 Å². The number of carbonyl (C=O) groups excluding carboxylic acids is 2. The van der Waals surface area contributed by atoms with Gasteiger partial charge in [0.05, 0.1) is 30.2 Å². The molecular weight excluding hydrogens is 622 g/mol. The summed E-state index contributed by atoms with van der Waals surface area (Å²) < 4.78 is 42.9. The highest BCUT2D eigenvalue weighted by molar-refractivity contribution is 5.89. The molecule has 2 heterocycles. The molecule has 5 aromatic rings. The van der Waals surface area contributed by atoms with Crippen LogP contribution in [0.4, 0.5) is 24.1 Å². The number of fused-ring (bicyclic) bond motifs is 1. The number of aromatic nitrogens is 3. The Labute approximate surface area is 275 Å². The molecule has 0 aliphatic heterocycles. The molecule has 2 N–H and O–H groups in total. The molecule has 0 aliphatic rings. The number of nitrogens with zero attached hydrogens (tertiary/aromatic N) is 4. The molecule has 3 aromatic carbocycles. The molecule has 0 unspecified atom stereocenters. The van der Waals surface area contributed by atoms with Gasteiger partial charge in [-0.2, -0.15) is 0 Å². The molecular formula is C35H36F2N6O5. The van der Waals surface area contributed by atoms with Crippen LogP contribution in [-0.2, 0) is 24.4 Å². The molecule has 5 rings (SSSR count). The van der Waals surface area contributed by atoms with Crippen LogP contribution in [0.2, 0.25) is 0 Å². The minimum Gasteiger partial charge on any atom is -0.431 e. The normalized spacial score (nSPS) is 11.2. The number of ether oxygens (including phenoxy) is 2. The number of halogens is 2. The van der Waals surface area contributed by atoms with Crippen LogP contribution in [0.3, 0.4) is 0 Å². The molecule has 0 bridgehead atoms. The first kappa shape index (κ1) is 33.8. The number of amides is 2. The van der Waals surface area contributed by atoms with E-state index in [9.17, 15) is 23.2 Å². The number of nitrogens with one attached hydrogen (secondary N) is 2. The van der Waals surface area contributed by atoms with Crippen molar-refractivity contribution in [1.29, 1.82) is 0 Å². The number of benzene rings is 3. The number of hydrogen-bond acceptors (Lipinski definition) is 7. The lowest BCUT2D eigenvalue weighted by molar-refractivity contribution is 0.0721. The van der Waals surface area contributed by atoms with Crippen molar-refractivity contribution in [3.05, 3.63) is 118 Å². The molecule has 0 fully saturated rings. The number of anilines is 1. The maximum Gasteiger partial charge on any atom is 0.514 e. The molecule has 48 heavy (non-hydrogen) atoms. The van der Waals surface area contributed by atoms with Crippen LogP contribution in [0.1, 0.15) is 37.6 Å². The van der Waals surface area contributed by atoms with Gasteiger partial charge < -0.3 is 24.7 Å². The Morgan fingerprint density at radius 1 is 0.958 bits per heavy atom. The highest BCUT2D eigenvalue weighted by atomic mass is 19.1. The molecule has 0 atom stereocenters. The first-order valence-corrected chi connectivity index (χ1v) is 15.4. The maximum atomic E-state index is 14.9. The third-order valence-electron chi connectivity index (χ3n) is 7.28. The number of hydrogen-bond donors (Lipinski definition) is 2. The highest BCUT2D eigenvalue weighted by Crippen LogP contribution is 2.28. The summed E-state index contributed by atoms with van der Waals surface area (Å²) in [5.41, 5.74) is 2.02.